The first-order valence-electron chi connectivity index (χ1n) is 7.03. The van der Waals surface area contributed by atoms with E-state index in [1.165, 1.54) is 0 Å². The number of benzene rings is 2. The van der Waals surface area contributed by atoms with Crippen molar-refractivity contribution in [2.75, 3.05) is 0 Å². The van der Waals surface area contributed by atoms with E-state index in [2.05, 4.69) is 19.5 Å². The summed E-state index contributed by atoms with van der Waals surface area (Å²) in [5.74, 6) is 0.813. The maximum atomic E-state index is 5.63. The molecule has 0 aliphatic rings. The molecule has 0 aliphatic heterocycles. The molecule has 0 atom stereocenters. The van der Waals surface area contributed by atoms with Crippen LogP contribution in [-0.4, -0.2) is 21.5 Å². The largest absolute Gasteiger partial charge is 0.370 e. The lowest BCUT2D eigenvalue weighted by Crippen LogP contribution is -2.26. The first kappa shape index (κ1) is 14.6. The molecule has 0 radical (unpaired) electrons. The molecule has 0 spiro atoms. The molecule has 0 amide bonds. The first-order valence-corrected chi connectivity index (χ1v) is 7.03. The second kappa shape index (κ2) is 5.80. The monoisotopic (exact) mass is 307 g/mol. The normalized spacial score (nSPS) is 11.6. The summed E-state index contributed by atoms with van der Waals surface area (Å²) in [6.07, 6.45) is 0. The van der Waals surface area contributed by atoms with Gasteiger partial charge in [0.25, 0.3) is 0 Å². The molecule has 0 fully saturated rings. The van der Waals surface area contributed by atoms with E-state index in [1.54, 1.807) is 0 Å². The van der Waals surface area contributed by atoms with Crippen LogP contribution in [0.25, 0.3) is 16.7 Å². The second-order valence-electron chi connectivity index (χ2n) is 5.01. The number of imidazole rings is 1. The minimum absolute atomic E-state index is 0.0158. The van der Waals surface area contributed by atoms with Gasteiger partial charge in [0.2, 0.25) is 5.96 Å². The topological polar surface area (TPSA) is 121 Å². The third-order valence-corrected chi connectivity index (χ3v) is 3.32. The van der Waals surface area contributed by atoms with E-state index in [4.69, 9.17) is 17.2 Å². The lowest BCUT2D eigenvalue weighted by atomic mass is 10.2. The highest BCUT2D eigenvalue weighted by molar-refractivity contribution is 5.93. The van der Waals surface area contributed by atoms with Crippen LogP contribution >= 0.6 is 0 Å². The van der Waals surface area contributed by atoms with Crippen molar-refractivity contribution in [3.8, 4) is 5.69 Å². The van der Waals surface area contributed by atoms with Crippen molar-refractivity contribution >= 4 is 28.6 Å². The van der Waals surface area contributed by atoms with Crippen LogP contribution in [-0.2, 0) is 0 Å². The summed E-state index contributed by atoms with van der Waals surface area (Å²) in [4.78, 5) is 12.4. The summed E-state index contributed by atoms with van der Waals surface area (Å²) in [7, 11) is 0. The van der Waals surface area contributed by atoms with Crippen LogP contribution in [0.5, 0.6) is 0 Å². The van der Waals surface area contributed by atoms with E-state index in [1.807, 2.05) is 55.5 Å². The van der Waals surface area contributed by atoms with Gasteiger partial charge in [0.15, 0.2) is 5.96 Å². The van der Waals surface area contributed by atoms with Gasteiger partial charge in [-0.1, -0.05) is 12.1 Å². The average Bonchev–Trinajstić information content (AvgIpc) is 2.83. The van der Waals surface area contributed by atoms with Crippen LogP contribution < -0.4 is 17.2 Å². The summed E-state index contributed by atoms with van der Waals surface area (Å²) in [6, 6.07) is 15.6. The van der Waals surface area contributed by atoms with Crippen molar-refractivity contribution in [3.63, 3.8) is 0 Å². The number of nitrogens with zero attached hydrogens (tertiary/aromatic N) is 4. The van der Waals surface area contributed by atoms with Crippen molar-refractivity contribution in [2.45, 2.75) is 6.92 Å². The number of nitrogens with two attached hydrogens (primary N) is 3. The van der Waals surface area contributed by atoms with Crippen LogP contribution in [0.1, 0.15) is 5.82 Å². The number of hydrogen-bond donors (Lipinski definition) is 3. The Morgan fingerprint density at radius 2 is 1.70 bits per heavy atom. The van der Waals surface area contributed by atoms with Crippen molar-refractivity contribution in [3.05, 3.63) is 54.4 Å². The Hall–Kier alpha value is -3.35. The standard InChI is InChI=1S/C16H17N7/c1-10-20-13-4-2-3-5-14(13)23(10)12-8-6-11(7-9-12)21-16(19)22-15(17)18/h2-9H,1H3,(H6,17,18,19,21,22). The predicted molar refractivity (Wildman–Crippen MR) is 92.9 cm³/mol. The van der Waals surface area contributed by atoms with Gasteiger partial charge in [0.1, 0.15) is 5.82 Å². The van der Waals surface area contributed by atoms with E-state index in [0.29, 0.717) is 5.69 Å². The summed E-state index contributed by atoms with van der Waals surface area (Å²) < 4.78 is 2.09. The van der Waals surface area contributed by atoms with Gasteiger partial charge in [-0.15, -0.1) is 0 Å². The molecular formula is C16H17N7. The Morgan fingerprint density at radius 3 is 2.39 bits per heavy atom. The maximum Gasteiger partial charge on any atom is 0.223 e. The summed E-state index contributed by atoms with van der Waals surface area (Å²) in [5.41, 5.74) is 19.8. The van der Waals surface area contributed by atoms with Crippen LogP contribution in [0.4, 0.5) is 5.69 Å². The third kappa shape index (κ3) is 2.98. The van der Waals surface area contributed by atoms with Crippen LogP contribution in [0.3, 0.4) is 0 Å². The molecule has 2 aromatic carbocycles. The quantitative estimate of drug-likeness (QED) is 0.491. The molecule has 0 saturated carbocycles. The fraction of sp³-hybridized carbons (Fsp3) is 0.0625. The molecule has 0 aliphatic carbocycles. The van der Waals surface area contributed by atoms with Crippen LogP contribution in [0.2, 0.25) is 0 Å². The number of guanidine groups is 2. The minimum Gasteiger partial charge on any atom is -0.370 e. The van der Waals surface area contributed by atoms with E-state index < -0.39 is 0 Å². The Kier molecular flexibility index (Phi) is 3.68. The van der Waals surface area contributed by atoms with E-state index in [9.17, 15) is 0 Å². The Labute approximate surface area is 133 Å². The van der Waals surface area contributed by atoms with Crippen molar-refractivity contribution in [1.29, 1.82) is 0 Å². The first-order chi connectivity index (χ1) is 11.0. The van der Waals surface area contributed by atoms with Gasteiger partial charge in [-0.2, -0.15) is 4.99 Å². The summed E-state index contributed by atoms with van der Waals surface area (Å²) in [6.45, 7) is 1.97. The van der Waals surface area contributed by atoms with Gasteiger partial charge in [-0.25, -0.2) is 9.98 Å². The maximum absolute atomic E-state index is 5.63. The van der Waals surface area contributed by atoms with Crippen molar-refractivity contribution in [2.24, 2.45) is 27.2 Å². The highest BCUT2D eigenvalue weighted by Gasteiger charge is 2.08. The molecule has 1 heterocycles. The Bertz CT molecular complexity index is 900. The second-order valence-corrected chi connectivity index (χ2v) is 5.01. The smallest absolute Gasteiger partial charge is 0.223 e. The van der Waals surface area contributed by atoms with Crippen molar-refractivity contribution < 1.29 is 0 Å². The number of rotatable bonds is 2. The zero-order valence-electron chi connectivity index (χ0n) is 12.6. The minimum atomic E-state index is -0.122. The van der Waals surface area contributed by atoms with Gasteiger partial charge in [0.05, 0.1) is 16.7 Å². The van der Waals surface area contributed by atoms with Gasteiger partial charge >= 0.3 is 0 Å². The fourth-order valence-corrected chi connectivity index (χ4v) is 2.44. The Balaban J connectivity index is 1.99. The molecule has 3 rings (SSSR count). The number of fused-ring (bicyclic) bond motifs is 1. The van der Waals surface area contributed by atoms with E-state index >= 15 is 0 Å². The highest BCUT2D eigenvalue weighted by Crippen LogP contribution is 2.23. The van der Waals surface area contributed by atoms with E-state index in [0.717, 1.165) is 22.5 Å². The number of aromatic nitrogens is 2. The molecule has 1 aromatic heterocycles. The van der Waals surface area contributed by atoms with Gasteiger partial charge in [-0.3, -0.25) is 4.57 Å². The molecule has 116 valence electrons. The SMILES string of the molecule is Cc1nc2ccccc2n1-c1ccc(N=C(N)N=C(N)N)cc1. The highest BCUT2D eigenvalue weighted by atomic mass is 15.1. The predicted octanol–water partition coefficient (Wildman–Crippen LogP) is 1.55. The van der Waals surface area contributed by atoms with Gasteiger partial charge < -0.3 is 17.2 Å². The third-order valence-electron chi connectivity index (χ3n) is 3.32. The summed E-state index contributed by atoms with van der Waals surface area (Å²) in [5, 5.41) is 0. The lowest BCUT2D eigenvalue weighted by Gasteiger charge is -2.07. The van der Waals surface area contributed by atoms with E-state index in [-0.39, 0.29) is 11.9 Å². The molecule has 3 aromatic rings. The number of hydrogen-bond acceptors (Lipinski definition) is 2. The molecule has 23 heavy (non-hydrogen) atoms. The molecule has 0 bridgehead atoms. The number of aliphatic imine (C=N–C) groups is 2. The van der Waals surface area contributed by atoms with Gasteiger partial charge in [0, 0.05) is 5.69 Å². The molecule has 0 saturated heterocycles. The van der Waals surface area contributed by atoms with Crippen LogP contribution in [0.15, 0.2) is 58.5 Å². The lowest BCUT2D eigenvalue weighted by molar-refractivity contribution is 1.00. The molecule has 7 heteroatoms. The Morgan fingerprint density at radius 1 is 1.00 bits per heavy atom. The zero-order chi connectivity index (χ0) is 16.4. The molecule has 7 nitrogen and oxygen atoms in total. The molecular weight excluding hydrogens is 290 g/mol. The fourth-order valence-electron chi connectivity index (χ4n) is 2.44. The molecule has 6 N–H and O–H groups in total. The number of aryl methyl sites for hydroxylation is 1. The van der Waals surface area contributed by atoms with Crippen molar-refractivity contribution in [1.82, 2.24) is 9.55 Å². The summed E-state index contributed by atoms with van der Waals surface area (Å²) >= 11 is 0. The zero-order valence-corrected chi connectivity index (χ0v) is 12.6. The van der Waals surface area contributed by atoms with Gasteiger partial charge in [-0.05, 0) is 43.3 Å². The number of para-hydroxylation sites is 2. The van der Waals surface area contributed by atoms with Crippen LogP contribution in [0, 0.1) is 6.92 Å². The molecule has 0 unspecified atom stereocenters. The average molecular weight is 307 g/mol.